The number of nitrogens with zero attached hydrogens (tertiary/aromatic N) is 2. The van der Waals surface area contributed by atoms with Crippen LogP contribution in [0, 0.1) is 5.82 Å². The van der Waals surface area contributed by atoms with Crippen molar-refractivity contribution in [2.24, 2.45) is 0 Å². The summed E-state index contributed by atoms with van der Waals surface area (Å²) in [5.74, 6) is 0.0768. The Labute approximate surface area is 161 Å². The van der Waals surface area contributed by atoms with E-state index in [0.29, 0.717) is 23.1 Å². The van der Waals surface area contributed by atoms with Gasteiger partial charge in [-0.25, -0.2) is 9.37 Å². The lowest BCUT2D eigenvalue weighted by Gasteiger charge is -2.25. The lowest BCUT2D eigenvalue weighted by molar-refractivity contribution is -0.118. The summed E-state index contributed by atoms with van der Waals surface area (Å²) in [6.07, 6.45) is 0. The Morgan fingerprint density at radius 2 is 1.85 bits per heavy atom. The number of halogens is 1. The fourth-order valence-electron chi connectivity index (χ4n) is 2.58. The molecule has 0 spiro atoms. The second kappa shape index (κ2) is 8.35. The molecule has 0 saturated heterocycles. The molecule has 27 heavy (non-hydrogen) atoms. The van der Waals surface area contributed by atoms with Gasteiger partial charge in [-0.05, 0) is 17.7 Å². The van der Waals surface area contributed by atoms with Crippen molar-refractivity contribution in [3.05, 3.63) is 66.0 Å². The number of thioether (sulfide) groups is 1. The molecule has 5 nitrogen and oxygen atoms in total. The standard InChI is InChI=1S/C20H21FN4OS/c1-20(2,14-8-4-3-5-9-14)13-22-17(26)12-27-19-23-18(24-25-19)15-10-6-7-11-16(15)21/h3-11H,12-13H2,1-2H3,(H,22,26)(H,23,24,25). The molecular formula is C20H21FN4OS. The smallest absolute Gasteiger partial charge is 0.230 e. The number of aromatic nitrogens is 3. The van der Waals surface area contributed by atoms with Crippen LogP contribution < -0.4 is 5.32 Å². The monoisotopic (exact) mass is 384 g/mol. The highest BCUT2D eigenvalue weighted by Gasteiger charge is 2.21. The predicted octanol–water partition coefficient (Wildman–Crippen LogP) is 3.80. The second-order valence-electron chi connectivity index (χ2n) is 6.76. The quantitative estimate of drug-likeness (QED) is 0.608. The Balaban J connectivity index is 1.52. The van der Waals surface area contributed by atoms with Gasteiger partial charge in [0.25, 0.3) is 0 Å². The minimum Gasteiger partial charge on any atom is -0.355 e. The van der Waals surface area contributed by atoms with Crippen LogP contribution >= 0.6 is 11.8 Å². The van der Waals surface area contributed by atoms with E-state index in [2.05, 4.69) is 46.5 Å². The molecule has 0 aliphatic heterocycles. The van der Waals surface area contributed by atoms with Gasteiger partial charge in [-0.2, -0.15) is 0 Å². The molecule has 0 unspecified atom stereocenters. The van der Waals surface area contributed by atoms with Crippen LogP contribution in [0.4, 0.5) is 4.39 Å². The topological polar surface area (TPSA) is 70.7 Å². The van der Waals surface area contributed by atoms with Crippen molar-refractivity contribution in [3.63, 3.8) is 0 Å². The van der Waals surface area contributed by atoms with Gasteiger partial charge < -0.3 is 5.32 Å². The summed E-state index contributed by atoms with van der Waals surface area (Å²) in [4.78, 5) is 16.4. The van der Waals surface area contributed by atoms with Crippen LogP contribution in [-0.4, -0.2) is 33.4 Å². The number of carbonyl (C=O) groups is 1. The molecule has 0 fully saturated rings. The molecule has 0 aliphatic rings. The lowest BCUT2D eigenvalue weighted by Crippen LogP contribution is -2.37. The Bertz CT molecular complexity index is 911. The van der Waals surface area contributed by atoms with Crippen LogP contribution in [0.25, 0.3) is 11.4 Å². The molecule has 0 radical (unpaired) electrons. The number of aromatic amines is 1. The van der Waals surface area contributed by atoms with Crippen molar-refractivity contribution in [2.75, 3.05) is 12.3 Å². The van der Waals surface area contributed by atoms with E-state index < -0.39 is 0 Å². The third-order valence-electron chi connectivity index (χ3n) is 4.21. The van der Waals surface area contributed by atoms with Crippen LogP contribution in [0.5, 0.6) is 0 Å². The summed E-state index contributed by atoms with van der Waals surface area (Å²) in [5.41, 5.74) is 1.36. The molecule has 0 atom stereocenters. The summed E-state index contributed by atoms with van der Waals surface area (Å²) in [5, 5.41) is 10.1. The van der Waals surface area contributed by atoms with Gasteiger partial charge in [0.2, 0.25) is 11.1 Å². The van der Waals surface area contributed by atoms with Crippen molar-refractivity contribution in [3.8, 4) is 11.4 Å². The minimum absolute atomic E-state index is 0.0961. The van der Waals surface area contributed by atoms with Crippen LogP contribution in [0.2, 0.25) is 0 Å². The number of benzene rings is 2. The van der Waals surface area contributed by atoms with Gasteiger partial charge in [-0.15, -0.1) is 5.10 Å². The maximum atomic E-state index is 13.8. The Kier molecular flexibility index (Phi) is 5.91. The summed E-state index contributed by atoms with van der Waals surface area (Å²) in [6, 6.07) is 16.4. The average Bonchev–Trinajstić information content (AvgIpc) is 3.15. The highest BCUT2D eigenvalue weighted by Crippen LogP contribution is 2.23. The first-order chi connectivity index (χ1) is 13.0. The van der Waals surface area contributed by atoms with Crippen molar-refractivity contribution in [1.82, 2.24) is 20.5 Å². The predicted molar refractivity (Wildman–Crippen MR) is 105 cm³/mol. The van der Waals surface area contributed by atoms with Gasteiger partial charge in [0, 0.05) is 12.0 Å². The largest absolute Gasteiger partial charge is 0.355 e. The maximum Gasteiger partial charge on any atom is 0.230 e. The summed E-state index contributed by atoms with van der Waals surface area (Å²) in [6.45, 7) is 4.71. The average molecular weight is 384 g/mol. The Morgan fingerprint density at radius 1 is 1.15 bits per heavy atom. The summed E-state index contributed by atoms with van der Waals surface area (Å²) in [7, 11) is 0. The summed E-state index contributed by atoms with van der Waals surface area (Å²) >= 11 is 1.21. The number of carbonyl (C=O) groups excluding carboxylic acids is 1. The van der Waals surface area contributed by atoms with Crippen molar-refractivity contribution < 1.29 is 9.18 Å². The number of nitrogens with one attached hydrogen (secondary N) is 2. The second-order valence-corrected chi connectivity index (χ2v) is 7.70. The summed E-state index contributed by atoms with van der Waals surface area (Å²) < 4.78 is 13.8. The van der Waals surface area contributed by atoms with E-state index in [4.69, 9.17) is 0 Å². The van der Waals surface area contributed by atoms with E-state index in [9.17, 15) is 9.18 Å². The van der Waals surface area contributed by atoms with Gasteiger partial charge >= 0.3 is 0 Å². The SMILES string of the molecule is CC(C)(CNC(=O)CSc1n[nH]c(-c2ccccc2F)n1)c1ccccc1. The highest BCUT2D eigenvalue weighted by molar-refractivity contribution is 7.99. The number of H-pyrrole nitrogens is 1. The number of hydrogen-bond donors (Lipinski definition) is 2. The molecule has 2 N–H and O–H groups in total. The van der Waals surface area contributed by atoms with Crippen LogP contribution in [-0.2, 0) is 10.2 Å². The zero-order chi connectivity index (χ0) is 19.3. The number of rotatable bonds is 7. The van der Waals surface area contributed by atoms with E-state index in [0.717, 1.165) is 0 Å². The zero-order valence-corrected chi connectivity index (χ0v) is 16.0. The van der Waals surface area contributed by atoms with E-state index in [1.807, 2.05) is 18.2 Å². The van der Waals surface area contributed by atoms with E-state index >= 15 is 0 Å². The molecule has 140 valence electrons. The first kappa shape index (κ1) is 19.1. The molecule has 7 heteroatoms. The third kappa shape index (κ3) is 4.95. The molecule has 0 saturated carbocycles. The molecule has 3 aromatic rings. The first-order valence-corrected chi connectivity index (χ1v) is 9.56. The molecule has 0 bridgehead atoms. The minimum atomic E-state index is -0.369. The first-order valence-electron chi connectivity index (χ1n) is 8.58. The van der Waals surface area contributed by atoms with E-state index in [1.54, 1.807) is 18.2 Å². The van der Waals surface area contributed by atoms with Gasteiger partial charge in [-0.1, -0.05) is 68.1 Å². The van der Waals surface area contributed by atoms with Gasteiger partial charge in [0.05, 0.1) is 11.3 Å². The number of amides is 1. The Hall–Kier alpha value is -2.67. The normalized spacial score (nSPS) is 11.4. The van der Waals surface area contributed by atoms with Crippen molar-refractivity contribution in [2.45, 2.75) is 24.4 Å². The van der Waals surface area contributed by atoms with Crippen LogP contribution in [0.1, 0.15) is 19.4 Å². The molecule has 2 aromatic carbocycles. The van der Waals surface area contributed by atoms with Crippen molar-refractivity contribution >= 4 is 17.7 Å². The fraction of sp³-hybridized carbons (Fsp3) is 0.250. The van der Waals surface area contributed by atoms with Gasteiger partial charge in [0.15, 0.2) is 5.82 Å². The van der Waals surface area contributed by atoms with Crippen LogP contribution in [0.3, 0.4) is 0 Å². The molecule has 0 aliphatic carbocycles. The maximum absolute atomic E-state index is 13.8. The molecule has 1 aromatic heterocycles. The van der Waals surface area contributed by atoms with Crippen molar-refractivity contribution in [1.29, 1.82) is 0 Å². The third-order valence-corrected chi connectivity index (χ3v) is 5.06. The molecule has 1 heterocycles. The number of hydrogen-bond acceptors (Lipinski definition) is 4. The molecule has 1 amide bonds. The van der Waals surface area contributed by atoms with Gasteiger partial charge in [0.1, 0.15) is 5.82 Å². The molecule has 3 rings (SSSR count). The molecular weight excluding hydrogens is 363 g/mol. The van der Waals surface area contributed by atoms with Crippen LogP contribution in [0.15, 0.2) is 59.8 Å². The fourth-order valence-corrected chi connectivity index (χ4v) is 3.21. The van der Waals surface area contributed by atoms with E-state index in [-0.39, 0.29) is 22.9 Å². The lowest BCUT2D eigenvalue weighted by atomic mass is 9.85. The Morgan fingerprint density at radius 3 is 2.59 bits per heavy atom. The highest BCUT2D eigenvalue weighted by atomic mass is 32.2. The van der Waals surface area contributed by atoms with Gasteiger partial charge in [-0.3, -0.25) is 9.89 Å². The zero-order valence-electron chi connectivity index (χ0n) is 15.2. The van der Waals surface area contributed by atoms with E-state index in [1.165, 1.54) is 23.4 Å².